The minimum Gasteiger partial charge on any atom is -0.486 e. The Bertz CT molecular complexity index is 758. The summed E-state index contributed by atoms with van der Waals surface area (Å²) in [5.41, 5.74) is 1.46. The summed E-state index contributed by atoms with van der Waals surface area (Å²) in [6.45, 7) is 0.261. The number of nitro groups is 1. The van der Waals surface area contributed by atoms with E-state index in [9.17, 15) is 10.1 Å². The summed E-state index contributed by atoms with van der Waals surface area (Å²) in [5, 5.41) is 11.5. The zero-order valence-electron chi connectivity index (χ0n) is 11.4. The Kier molecular flexibility index (Phi) is 6.47. The van der Waals surface area contributed by atoms with Crippen LogP contribution in [0.25, 0.3) is 6.08 Å². The Balaban J connectivity index is 2.18. The molecule has 2 rings (SSSR count). The predicted octanol–water partition coefficient (Wildman–Crippen LogP) is 6.34. The van der Waals surface area contributed by atoms with Crippen LogP contribution in [0.2, 0.25) is 10.0 Å². The van der Waals surface area contributed by atoms with E-state index < -0.39 is 4.92 Å². The van der Waals surface area contributed by atoms with Gasteiger partial charge in [0.1, 0.15) is 12.4 Å². The van der Waals surface area contributed by atoms with Crippen molar-refractivity contribution >= 4 is 61.1 Å². The Morgan fingerprint density at radius 1 is 1.17 bits per heavy atom. The highest BCUT2D eigenvalue weighted by molar-refractivity contribution is 9.11. The molecule has 0 saturated carbocycles. The van der Waals surface area contributed by atoms with Gasteiger partial charge in [-0.25, -0.2) is 0 Å². The molecule has 0 atom stereocenters. The minimum atomic E-state index is -0.519. The van der Waals surface area contributed by atoms with Gasteiger partial charge in [0.05, 0.1) is 13.9 Å². The fourth-order valence-corrected chi connectivity index (χ4v) is 3.66. The minimum absolute atomic E-state index is 0.261. The molecule has 0 radical (unpaired) electrons. The van der Waals surface area contributed by atoms with Crippen LogP contribution in [0.15, 0.2) is 45.5 Å². The molecule has 0 heterocycles. The maximum absolute atomic E-state index is 10.4. The number of benzene rings is 2. The zero-order chi connectivity index (χ0) is 17.0. The molecule has 8 heteroatoms. The van der Waals surface area contributed by atoms with E-state index >= 15 is 0 Å². The number of hydrogen-bond donors (Lipinski definition) is 0. The number of nitrogens with zero attached hydrogens (tertiary/aromatic N) is 1. The molecular formula is C15H9Br2Cl2NO3. The first-order valence-electron chi connectivity index (χ1n) is 6.24. The van der Waals surface area contributed by atoms with Crippen LogP contribution in [0.4, 0.5) is 0 Å². The van der Waals surface area contributed by atoms with E-state index in [0.29, 0.717) is 30.3 Å². The molecule has 2 aromatic carbocycles. The van der Waals surface area contributed by atoms with Crippen LogP contribution in [-0.2, 0) is 6.61 Å². The second-order valence-electron chi connectivity index (χ2n) is 4.44. The van der Waals surface area contributed by atoms with Crippen molar-refractivity contribution in [2.24, 2.45) is 0 Å². The number of ether oxygens (including phenoxy) is 1. The van der Waals surface area contributed by atoms with Crippen LogP contribution in [0.1, 0.15) is 11.1 Å². The third-order valence-corrected chi connectivity index (χ3v) is 4.56. The zero-order valence-corrected chi connectivity index (χ0v) is 16.1. The van der Waals surface area contributed by atoms with E-state index in [-0.39, 0.29) is 6.61 Å². The van der Waals surface area contributed by atoms with Crippen molar-refractivity contribution in [1.29, 1.82) is 0 Å². The molecule has 0 aliphatic rings. The molecule has 0 aliphatic carbocycles. The van der Waals surface area contributed by atoms with Gasteiger partial charge in [-0.05, 0) is 61.7 Å². The average molecular weight is 482 g/mol. The summed E-state index contributed by atoms with van der Waals surface area (Å²) in [6, 6.07) is 8.63. The third-order valence-electron chi connectivity index (χ3n) is 2.80. The number of rotatable bonds is 5. The van der Waals surface area contributed by atoms with E-state index in [1.807, 2.05) is 0 Å². The molecule has 4 nitrogen and oxygen atoms in total. The van der Waals surface area contributed by atoms with Crippen molar-refractivity contribution in [3.05, 3.63) is 76.8 Å². The number of hydrogen-bond acceptors (Lipinski definition) is 3. The Morgan fingerprint density at radius 3 is 2.39 bits per heavy atom. The largest absolute Gasteiger partial charge is 0.486 e. The van der Waals surface area contributed by atoms with Gasteiger partial charge in [0.25, 0.3) is 0 Å². The Morgan fingerprint density at radius 2 is 1.83 bits per heavy atom. The van der Waals surface area contributed by atoms with Gasteiger partial charge in [-0.15, -0.1) is 0 Å². The molecule has 23 heavy (non-hydrogen) atoms. The summed E-state index contributed by atoms with van der Waals surface area (Å²) >= 11 is 18.8. The van der Waals surface area contributed by atoms with Gasteiger partial charge in [-0.2, -0.15) is 0 Å². The van der Waals surface area contributed by atoms with E-state index in [2.05, 4.69) is 31.9 Å². The molecule has 0 aliphatic heterocycles. The first-order valence-corrected chi connectivity index (χ1v) is 8.58. The van der Waals surface area contributed by atoms with Crippen molar-refractivity contribution in [2.75, 3.05) is 0 Å². The Labute approximate surface area is 159 Å². The van der Waals surface area contributed by atoms with E-state index in [1.165, 1.54) is 6.08 Å². The molecular weight excluding hydrogens is 473 g/mol. The van der Waals surface area contributed by atoms with Crippen molar-refractivity contribution in [3.8, 4) is 5.75 Å². The Hall–Kier alpha value is -1.08. The van der Waals surface area contributed by atoms with Crippen LogP contribution < -0.4 is 4.74 Å². The van der Waals surface area contributed by atoms with Crippen molar-refractivity contribution < 1.29 is 9.66 Å². The molecule has 120 valence electrons. The number of halogens is 4. The lowest BCUT2D eigenvalue weighted by Gasteiger charge is -2.12. The summed E-state index contributed by atoms with van der Waals surface area (Å²) in [6.07, 6.45) is 2.28. The van der Waals surface area contributed by atoms with Gasteiger partial charge in [-0.1, -0.05) is 29.3 Å². The molecule has 0 spiro atoms. The van der Waals surface area contributed by atoms with E-state index in [4.69, 9.17) is 27.9 Å². The topological polar surface area (TPSA) is 52.4 Å². The van der Waals surface area contributed by atoms with Crippen LogP contribution >= 0.6 is 55.1 Å². The van der Waals surface area contributed by atoms with Crippen LogP contribution in [0.5, 0.6) is 5.75 Å². The summed E-state index contributed by atoms with van der Waals surface area (Å²) < 4.78 is 7.11. The van der Waals surface area contributed by atoms with Gasteiger partial charge in [0.15, 0.2) is 0 Å². The van der Waals surface area contributed by atoms with Gasteiger partial charge < -0.3 is 4.74 Å². The summed E-state index contributed by atoms with van der Waals surface area (Å²) in [5.74, 6) is 0.578. The van der Waals surface area contributed by atoms with Gasteiger partial charge in [0.2, 0.25) is 6.20 Å². The fraction of sp³-hybridized carbons (Fsp3) is 0.0667. The first kappa shape index (κ1) is 18.3. The molecule has 2 aromatic rings. The standard InChI is InChI=1S/C15H9Br2Cl2NO3/c16-12-5-9(3-4-20(21)22)6-13(17)15(12)23-8-10-1-2-11(18)7-14(10)19/h1-7H,8H2/b4-3+. The van der Waals surface area contributed by atoms with Gasteiger partial charge in [-0.3, -0.25) is 10.1 Å². The highest BCUT2D eigenvalue weighted by Crippen LogP contribution is 2.36. The lowest BCUT2D eigenvalue weighted by atomic mass is 10.2. The lowest BCUT2D eigenvalue weighted by molar-refractivity contribution is -0.400. The highest BCUT2D eigenvalue weighted by atomic mass is 79.9. The van der Waals surface area contributed by atoms with Crippen molar-refractivity contribution in [2.45, 2.75) is 6.61 Å². The molecule has 0 saturated heterocycles. The second kappa shape index (κ2) is 8.15. The molecule has 0 aromatic heterocycles. The predicted molar refractivity (Wildman–Crippen MR) is 98.7 cm³/mol. The molecule has 0 amide bonds. The highest BCUT2D eigenvalue weighted by Gasteiger charge is 2.10. The quantitative estimate of drug-likeness (QED) is 0.369. The van der Waals surface area contributed by atoms with E-state index in [0.717, 1.165) is 11.8 Å². The maximum Gasteiger partial charge on any atom is 0.235 e. The van der Waals surface area contributed by atoms with Gasteiger partial charge >= 0.3 is 0 Å². The normalized spacial score (nSPS) is 11.0. The van der Waals surface area contributed by atoms with Crippen LogP contribution in [0, 0.1) is 10.1 Å². The first-order chi connectivity index (χ1) is 10.9. The molecule has 0 bridgehead atoms. The van der Waals surface area contributed by atoms with Gasteiger partial charge in [0, 0.05) is 21.7 Å². The van der Waals surface area contributed by atoms with E-state index in [1.54, 1.807) is 30.3 Å². The van der Waals surface area contributed by atoms with Crippen molar-refractivity contribution in [1.82, 2.24) is 0 Å². The third kappa shape index (κ3) is 5.21. The molecule has 0 N–H and O–H groups in total. The second-order valence-corrected chi connectivity index (χ2v) is 6.99. The van der Waals surface area contributed by atoms with Crippen molar-refractivity contribution in [3.63, 3.8) is 0 Å². The summed E-state index contributed by atoms with van der Waals surface area (Å²) in [4.78, 5) is 9.85. The maximum atomic E-state index is 10.4. The summed E-state index contributed by atoms with van der Waals surface area (Å²) in [7, 11) is 0. The smallest absolute Gasteiger partial charge is 0.235 e. The average Bonchev–Trinajstić information content (AvgIpc) is 2.46. The lowest BCUT2D eigenvalue weighted by Crippen LogP contribution is -1.98. The molecule has 0 unspecified atom stereocenters. The molecule has 0 fully saturated rings. The van der Waals surface area contributed by atoms with Crippen LogP contribution in [0.3, 0.4) is 0 Å². The monoisotopic (exact) mass is 479 g/mol. The fourth-order valence-electron chi connectivity index (χ4n) is 1.75. The van der Waals surface area contributed by atoms with Crippen LogP contribution in [-0.4, -0.2) is 4.92 Å². The SMILES string of the molecule is O=[N+]([O-])/C=C/c1cc(Br)c(OCc2ccc(Cl)cc2Cl)c(Br)c1.